The van der Waals surface area contributed by atoms with Crippen molar-refractivity contribution < 1.29 is 27.2 Å². The summed E-state index contributed by atoms with van der Waals surface area (Å²) in [7, 11) is 0. The number of fused-ring (bicyclic) bond motifs is 1. The highest BCUT2D eigenvalue weighted by molar-refractivity contribution is 9.12. The molecule has 0 fully saturated rings. The first kappa shape index (κ1) is 17.2. The molecule has 1 aliphatic rings. The third-order valence-corrected chi connectivity index (χ3v) is 4.13. The van der Waals surface area contributed by atoms with E-state index in [2.05, 4.69) is 31.2 Å². The van der Waals surface area contributed by atoms with Crippen LogP contribution in [0.5, 0.6) is 0 Å². The van der Waals surface area contributed by atoms with Crippen molar-refractivity contribution in [2.45, 2.75) is 6.18 Å². The molecule has 25 heavy (non-hydrogen) atoms. The Morgan fingerprint density at radius 2 is 1.84 bits per heavy atom. The Morgan fingerprint density at radius 1 is 1.12 bits per heavy atom. The fraction of sp³-hybridized carbons (Fsp3) is 0.0667. The number of aromatic nitrogens is 2. The first-order chi connectivity index (χ1) is 11.7. The minimum absolute atomic E-state index is 0.134. The maximum atomic E-state index is 13.9. The van der Waals surface area contributed by atoms with Crippen LogP contribution in [0.25, 0.3) is 0 Å². The lowest BCUT2D eigenvalue weighted by Gasteiger charge is -2.19. The molecule has 1 heterocycles. The Balaban J connectivity index is 2.05. The average Bonchev–Trinajstić information content (AvgIpc) is 2.57. The van der Waals surface area contributed by atoms with Crippen LogP contribution in [0.4, 0.5) is 23.2 Å². The van der Waals surface area contributed by atoms with Gasteiger partial charge >= 0.3 is 6.18 Å². The van der Waals surface area contributed by atoms with Gasteiger partial charge in [-0.25, -0.2) is 14.4 Å². The summed E-state index contributed by atoms with van der Waals surface area (Å²) in [5.41, 5.74) is -2.38. The van der Waals surface area contributed by atoms with Crippen molar-refractivity contribution in [3.8, 4) is 0 Å². The van der Waals surface area contributed by atoms with E-state index in [4.69, 9.17) is 0 Å². The summed E-state index contributed by atoms with van der Waals surface area (Å²) in [5, 5.41) is 2.26. The van der Waals surface area contributed by atoms with E-state index in [1.165, 1.54) is 0 Å². The number of anilines is 1. The number of carbonyl (C=O) groups excluding carboxylic acids is 2. The Kier molecular flexibility index (Phi) is 4.15. The number of hydrogen-bond donors (Lipinski definition) is 1. The number of rotatable bonds is 2. The number of nitrogens with zero attached hydrogens (tertiary/aromatic N) is 2. The Bertz CT molecular complexity index is 941. The molecule has 0 amide bonds. The third-order valence-electron chi connectivity index (χ3n) is 3.37. The molecule has 0 bridgehead atoms. The highest BCUT2D eigenvalue weighted by Gasteiger charge is 2.34. The van der Waals surface area contributed by atoms with Gasteiger partial charge in [0, 0.05) is 6.20 Å². The number of ketones is 2. The Labute approximate surface area is 145 Å². The maximum Gasteiger partial charge on any atom is 0.416 e. The predicted octanol–water partition coefficient (Wildman–Crippen LogP) is 3.73. The lowest BCUT2D eigenvalue weighted by molar-refractivity contribution is -0.137. The van der Waals surface area contributed by atoms with E-state index in [1.54, 1.807) is 0 Å². The summed E-state index contributed by atoms with van der Waals surface area (Å²) in [6.45, 7) is 0. The highest BCUT2D eigenvalue weighted by atomic mass is 79.9. The molecule has 1 N–H and O–H groups in total. The number of halogens is 5. The van der Waals surface area contributed by atoms with Gasteiger partial charge in [-0.2, -0.15) is 13.2 Å². The molecule has 0 saturated heterocycles. The van der Waals surface area contributed by atoms with Crippen molar-refractivity contribution in [2.24, 2.45) is 0 Å². The first-order valence-corrected chi connectivity index (χ1v) is 7.42. The number of carbonyl (C=O) groups is 2. The number of hydrogen-bond acceptors (Lipinski definition) is 5. The minimum Gasteiger partial charge on any atom is -0.349 e. The van der Waals surface area contributed by atoms with E-state index < -0.39 is 40.5 Å². The largest absolute Gasteiger partial charge is 0.416 e. The molecule has 0 spiro atoms. The van der Waals surface area contributed by atoms with Crippen LogP contribution in [0.15, 0.2) is 40.9 Å². The monoisotopic (exact) mass is 415 g/mol. The van der Waals surface area contributed by atoms with Gasteiger partial charge in [0.05, 0.1) is 21.3 Å². The summed E-state index contributed by atoms with van der Waals surface area (Å²) in [4.78, 5) is 32.0. The normalized spacial score (nSPS) is 14.6. The molecule has 0 unspecified atom stereocenters. The summed E-state index contributed by atoms with van der Waals surface area (Å²) in [5.74, 6) is -2.44. The van der Waals surface area contributed by atoms with Crippen molar-refractivity contribution >= 4 is 33.2 Å². The minimum atomic E-state index is -4.69. The van der Waals surface area contributed by atoms with Crippen molar-refractivity contribution in [1.82, 2.24) is 9.97 Å². The number of nitrogens with one attached hydrogen (secondary N) is 1. The third kappa shape index (κ3) is 3.04. The van der Waals surface area contributed by atoms with Crippen molar-refractivity contribution in [3.05, 3.63) is 63.5 Å². The molecule has 10 heteroatoms. The highest BCUT2D eigenvalue weighted by Crippen LogP contribution is 2.34. The zero-order valence-electron chi connectivity index (χ0n) is 12.0. The molecule has 0 radical (unpaired) electrons. The quantitative estimate of drug-likeness (QED) is 0.756. The number of alkyl halides is 3. The maximum absolute atomic E-state index is 13.9. The van der Waals surface area contributed by atoms with Crippen LogP contribution in [-0.2, 0) is 6.18 Å². The number of allylic oxidation sites excluding steroid dienone is 2. The molecule has 1 aliphatic carbocycles. The zero-order chi connectivity index (χ0) is 18.4. The van der Waals surface area contributed by atoms with Crippen LogP contribution in [0, 0.1) is 5.82 Å². The Morgan fingerprint density at radius 3 is 2.52 bits per heavy atom. The van der Waals surface area contributed by atoms with E-state index in [0.717, 1.165) is 12.5 Å². The molecule has 128 valence electrons. The summed E-state index contributed by atoms with van der Waals surface area (Å²) >= 11 is 2.91. The van der Waals surface area contributed by atoms with Crippen molar-refractivity contribution in [3.63, 3.8) is 0 Å². The fourth-order valence-electron chi connectivity index (χ4n) is 2.17. The van der Waals surface area contributed by atoms with E-state index in [-0.39, 0.29) is 15.7 Å². The SMILES string of the molecule is O=C1C(Nc2cc(C(F)(F)F)ccc2F)=C(Br)C(=O)c2ncncc21. The van der Waals surface area contributed by atoms with Crippen LogP contribution in [0.3, 0.4) is 0 Å². The molecule has 5 nitrogen and oxygen atoms in total. The van der Waals surface area contributed by atoms with Gasteiger partial charge in [-0.1, -0.05) is 0 Å². The predicted molar refractivity (Wildman–Crippen MR) is 81.7 cm³/mol. The van der Waals surface area contributed by atoms with Gasteiger partial charge in [0.1, 0.15) is 23.5 Å². The molecule has 2 aromatic rings. The van der Waals surface area contributed by atoms with Crippen LogP contribution >= 0.6 is 15.9 Å². The second kappa shape index (κ2) is 6.03. The van der Waals surface area contributed by atoms with Gasteiger partial charge in [0.2, 0.25) is 11.6 Å². The average molecular weight is 416 g/mol. The molecule has 3 rings (SSSR count). The molecule has 1 aromatic heterocycles. The summed E-state index contributed by atoms with van der Waals surface area (Å²) in [6, 6.07) is 1.70. The van der Waals surface area contributed by atoms with Crippen molar-refractivity contribution in [2.75, 3.05) is 5.32 Å². The lowest BCUT2D eigenvalue weighted by atomic mass is 9.98. The van der Waals surface area contributed by atoms with Crippen LogP contribution in [0.1, 0.15) is 26.4 Å². The first-order valence-electron chi connectivity index (χ1n) is 6.63. The zero-order valence-corrected chi connectivity index (χ0v) is 13.6. The van der Waals surface area contributed by atoms with Gasteiger partial charge in [0.25, 0.3) is 0 Å². The standard InChI is InChI=1S/C15H6BrF4N3O2/c16-10-12(13(24)7-4-21-5-22-11(7)14(10)25)23-9-3-6(15(18,19)20)1-2-8(9)17/h1-5,23H. The van der Waals surface area contributed by atoms with E-state index in [1.807, 2.05) is 0 Å². The van der Waals surface area contributed by atoms with Crippen LogP contribution < -0.4 is 5.32 Å². The van der Waals surface area contributed by atoms with Crippen LogP contribution in [0.2, 0.25) is 0 Å². The molecule has 1 aromatic carbocycles. The molecule has 0 aliphatic heterocycles. The smallest absolute Gasteiger partial charge is 0.349 e. The van der Waals surface area contributed by atoms with Crippen LogP contribution in [-0.4, -0.2) is 21.5 Å². The fourth-order valence-corrected chi connectivity index (χ4v) is 2.64. The van der Waals surface area contributed by atoms with Gasteiger partial charge in [-0.3, -0.25) is 9.59 Å². The molecular weight excluding hydrogens is 410 g/mol. The number of benzene rings is 1. The summed E-state index contributed by atoms with van der Waals surface area (Å²) in [6.07, 6.45) is -2.51. The second-order valence-electron chi connectivity index (χ2n) is 4.95. The van der Waals surface area contributed by atoms with E-state index >= 15 is 0 Å². The Hall–Kier alpha value is -2.62. The topological polar surface area (TPSA) is 72.0 Å². The molecule has 0 saturated carbocycles. The molecule has 0 atom stereocenters. The van der Waals surface area contributed by atoms with Crippen molar-refractivity contribution in [1.29, 1.82) is 0 Å². The van der Waals surface area contributed by atoms with Gasteiger partial charge in [0.15, 0.2) is 0 Å². The lowest BCUT2D eigenvalue weighted by Crippen LogP contribution is -2.25. The second-order valence-corrected chi connectivity index (χ2v) is 5.74. The van der Waals surface area contributed by atoms with E-state index in [0.29, 0.717) is 18.2 Å². The molecular formula is C15H6BrF4N3O2. The van der Waals surface area contributed by atoms with E-state index in [9.17, 15) is 27.2 Å². The van der Waals surface area contributed by atoms with Gasteiger partial charge in [-0.05, 0) is 34.1 Å². The van der Waals surface area contributed by atoms with Gasteiger partial charge in [-0.15, -0.1) is 0 Å². The van der Waals surface area contributed by atoms with Gasteiger partial charge < -0.3 is 5.32 Å². The number of Topliss-reactive ketones (excluding diaryl/α,β-unsaturated/α-hetero) is 2. The summed E-state index contributed by atoms with van der Waals surface area (Å²) < 4.78 is 52.0.